The second-order valence-corrected chi connectivity index (χ2v) is 5.62. The predicted octanol–water partition coefficient (Wildman–Crippen LogP) is 1.99. The van der Waals surface area contributed by atoms with Crippen molar-refractivity contribution in [1.29, 1.82) is 0 Å². The van der Waals surface area contributed by atoms with E-state index in [2.05, 4.69) is 10.3 Å². The number of nitrogens with one attached hydrogen (secondary N) is 1. The smallest absolute Gasteiger partial charge is 0.262 e. The minimum atomic E-state index is -0.182. The van der Waals surface area contributed by atoms with Gasteiger partial charge in [0.2, 0.25) is 0 Å². The standard InChI is InChI=1S/C14H15N3O3S/c1-8-13(21-7-16-8)2-3-19-11-5-10-12(4-9(11)15)20-6-14(18)17-10/h4-5,7H,2-3,6,15H2,1H3,(H,17,18). The Labute approximate surface area is 125 Å². The first-order valence-corrected chi connectivity index (χ1v) is 7.39. The van der Waals surface area contributed by atoms with Crippen LogP contribution < -0.4 is 20.5 Å². The third-order valence-electron chi connectivity index (χ3n) is 3.18. The van der Waals surface area contributed by atoms with Crippen LogP contribution in [0.4, 0.5) is 11.4 Å². The van der Waals surface area contributed by atoms with E-state index in [0.29, 0.717) is 29.5 Å². The summed E-state index contributed by atoms with van der Waals surface area (Å²) >= 11 is 1.61. The highest BCUT2D eigenvalue weighted by Crippen LogP contribution is 2.36. The number of rotatable bonds is 4. The Hall–Kier alpha value is -2.28. The van der Waals surface area contributed by atoms with Crippen LogP contribution in [0.2, 0.25) is 0 Å². The Morgan fingerprint density at radius 3 is 3.14 bits per heavy atom. The molecule has 0 radical (unpaired) electrons. The van der Waals surface area contributed by atoms with Gasteiger partial charge in [0.1, 0.15) is 11.5 Å². The Morgan fingerprint density at radius 2 is 2.38 bits per heavy atom. The minimum absolute atomic E-state index is 0.0112. The number of carbonyl (C=O) groups excluding carboxylic acids is 1. The van der Waals surface area contributed by atoms with Crippen molar-refractivity contribution in [3.05, 3.63) is 28.2 Å². The fraction of sp³-hybridized carbons (Fsp3) is 0.286. The SMILES string of the molecule is Cc1ncsc1CCOc1cc2c(cc1N)OCC(=O)N2. The number of benzene rings is 1. The van der Waals surface area contributed by atoms with Crippen molar-refractivity contribution in [2.24, 2.45) is 0 Å². The average molecular weight is 305 g/mol. The molecule has 2 aromatic rings. The van der Waals surface area contributed by atoms with Gasteiger partial charge in [-0.05, 0) is 6.92 Å². The summed E-state index contributed by atoms with van der Waals surface area (Å²) in [6, 6.07) is 3.36. The third kappa shape index (κ3) is 2.92. The van der Waals surface area contributed by atoms with Crippen molar-refractivity contribution in [3.8, 4) is 11.5 Å². The number of nitrogens with zero attached hydrogens (tertiary/aromatic N) is 1. The number of hydrogen-bond donors (Lipinski definition) is 2. The van der Waals surface area contributed by atoms with E-state index in [1.807, 2.05) is 12.4 Å². The van der Waals surface area contributed by atoms with Crippen molar-refractivity contribution >= 4 is 28.6 Å². The van der Waals surface area contributed by atoms with Gasteiger partial charge in [0.15, 0.2) is 6.61 Å². The van der Waals surface area contributed by atoms with Crippen LogP contribution in [0.15, 0.2) is 17.6 Å². The average Bonchev–Trinajstić information content (AvgIpc) is 2.85. The van der Waals surface area contributed by atoms with Crippen molar-refractivity contribution < 1.29 is 14.3 Å². The molecule has 0 atom stereocenters. The Bertz CT molecular complexity index is 684. The van der Waals surface area contributed by atoms with Gasteiger partial charge in [-0.3, -0.25) is 4.79 Å². The van der Waals surface area contributed by atoms with E-state index in [-0.39, 0.29) is 12.5 Å². The molecule has 1 amide bonds. The lowest BCUT2D eigenvalue weighted by molar-refractivity contribution is -0.118. The lowest BCUT2D eigenvalue weighted by Crippen LogP contribution is -2.25. The molecular weight excluding hydrogens is 290 g/mol. The fourth-order valence-electron chi connectivity index (χ4n) is 2.07. The summed E-state index contributed by atoms with van der Waals surface area (Å²) in [5, 5.41) is 2.73. The van der Waals surface area contributed by atoms with Gasteiger partial charge in [0.05, 0.1) is 29.2 Å². The number of carbonyl (C=O) groups is 1. The summed E-state index contributed by atoms with van der Waals surface area (Å²) in [4.78, 5) is 16.7. The fourth-order valence-corrected chi connectivity index (χ4v) is 2.83. The lowest BCUT2D eigenvalue weighted by Gasteiger charge is -2.20. The molecule has 3 rings (SSSR count). The van der Waals surface area contributed by atoms with Crippen molar-refractivity contribution in [1.82, 2.24) is 4.98 Å². The molecule has 3 N–H and O–H groups in total. The van der Waals surface area contributed by atoms with Crippen LogP contribution in [-0.2, 0) is 11.2 Å². The number of aryl methyl sites for hydroxylation is 1. The third-order valence-corrected chi connectivity index (χ3v) is 4.17. The van der Waals surface area contributed by atoms with E-state index in [1.165, 1.54) is 4.88 Å². The van der Waals surface area contributed by atoms with E-state index >= 15 is 0 Å². The first-order chi connectivity index (χ1) is 10.1. The van der Waals surface area contributed by atoms with Crippen molar-refractivity contribution in [2.75, 3.05) is 24.3 Å². The molecule has 1 aliphatic rings. The molecule has 1 aliphatic heterocycles. The molecule has 0 spiro atoms. The second kappa shape index (κ2) is 5.61. The number of nitrogen functional groups attached to an aromatic ring is 1. The van der Waals surface area contributed by atoms with E-state index in [4.69, 9.17) is 15.2 Å². The molecule has 0 saturated carbocycles. The van der Waals surface area contributed by atoms with Crippen molar-refractivity contribution in [2.45, 2.75) is 13.3 Å². The number of amides is 1. The highest BCUT2D eigenvalue weighted by Gasteiger charge is 2.18. The van der Waals surface area contributed by atoms with Gasteiger partial charge in [0, 0.05) is 23.4 Å². The molecular formula is C14H15N3O3S. The topological polar surface area (TPSA) is 86.5 Å². The molecule has 0 unspecified atom stereocenters. The van der Waals surface area contributed by atoms with Gasteiger partial charge in [-0.15, -0.1) is 11.3 Å². The largest absolute Gasteiger partial charge is 0.491 e. The molecule has 1 aromatic heterocycles. The molecule has 0 saturated heterocycles. The lowest BCUT2D eigenvalue weighted by atomic mass is 10.2. The number of fused-ring (bicyclic) bond motifs is 1. The molecule has 0 bridgehead atoms. The minimum Gasteiger partial charge on any atom is -0.491 e. The van der Waals surface area contributed by atoms with Gasteiger partial charge >= 0.3 is 0 Å². The molecule has 21 heavy (non-hydrogen) atoms. The highest BCUT2D eigenvalue weighted by atomic mass is 32.1. The molecule has 7 heteroatoms. The maximum absolute atomic E-state index is 11.3. The number of ether oxygens (including phenoxy) is 2. The summed E-state index contributed by atoms with van der Waals surface area (Å²) in [6.07, 6.45) is 0.774. The van der Waals surface area contributed by atoms with Crippen LogP contribution in [-0.4, -0.2) is 24.1 Å². The Balaban J connectivity index is 1.69. The predicted molar refractivity (Wildman–Crippen MR) is 81.0 cm³/mol. The summed E-state index contributed by atoms with van der Waals surface area (Å²) in [5.74, 6) is 0.929. The Kier molecular flexibility index (Phi) is 3.66. The number of aromatic nitrogens is 1. The van der Waals surface area contributed by atoms with Crippen LogP contribution in [0.3, 0.4) is 0 Å². The summed E-state index contributed by atoms with van der Waals surface area (Å²) in [5.41, 5.74) is 9.87. The number of hydrogen-bond acceptors (Lipinski definition) is 6. The molecule has 2 heterocycles. The van der Waals surface area contributed by atoms with Gasteiger partial charge in [0.25, 0.3) is 5.91 Å². The first-order valence-electron chi connectivity index (χ1n) is 6.51. The molecule has 110 valence electrons. The van der Waals surface area contributed by atoms with Crippen LogP contribution >= 0.6 is 11.3 Å². The van der Waals surface area contributed by atoms with E-state index < -0.39 is 0 Å². The van der Waals surface area contributed by atoms with Crippen molar-refractivity contribution in [3.63, 3.8) is 0 Å². The number of anilines is 2. The zero-order valence-corrected chi connectivity index (χ0v) is 12.3. The van der Waals surface area contributed by atoms with E-state index in [1.54, 1.807) is 23.5 Å². The summed E-state index contributed by atoms with van der Waals surface area (Å²) in [6.45, 7) is 2.49. The maximum atomic E-state index is 11.3. The normalized spacial score (nSPS) is 13.3. The second-order valence-electron chi connectivity index (χ2n) is 4.68. The first kappa shape index (κ1) is 13.7. The molecule has 1 aromatic carbocycles. The summed E-state index contributed by atoms with van der Waals surface area (Å²) < 4.78 is 11.0. The summed E-state index contributed by atoms with van der Waals surface area (Å²) in [7, 11) is 0. The van der Waals surface area contributed by atoms with E-state index in [0.717, 1.165) is 12.1 Å². The number of nitrogens with two attached hydrogens (primary N) is 1. The van der Waals surface area contributed by atoms with Crippen LogP contribution in [0.5, 0.6) is 11.5 Å². The van der Waals surface area contributed by atoms with Crippen LogP contribution in [0.25, 0.3) is 0 Å². The zero-order valence-electron chi connectivity index (χ0n) is 11.5. The number of thiazole rings is 1. The maximum Gasteiger partial charge on any atom is 0.262 e. The molecule has 6 nitrogen and oxygen atoms in total. The van der Waals surface area contributed by atoms with Crippen LogP contribution in [0, 0.1) is 6.92 Å². The van der Waals surface area contributed by atoms with Crippen LogP contribution in [0.1, 0.15) is 10.6 Å². The van der Waals surface area contributed by atoms with Gasteiger partial charge in [-0.2, -0.15) is 0 Å². The van der Waals surface area contributed by atoms with Gasteiger partial charge in [-0.25, -0.2) is 4.98 Å². The van der Waals surface area contributed by atoms with Gasteiger partial charge < -0.3 is 20.5 Å². The van der Waals surface area contributed by atoms with Gasteiger partial charge in [-0.1, -0.05) is 0 Å². The highest BCUT2D eigenvalue weighted by molar-refractivity contribution is 7.09. The Morgan fingerprint density at radius 1 is 1.52 bits per heavy atom. The zero-order chi connectivity index (χ0) is 14.8. The molecule has 0 aliphatic carbocycles. The molecule has 0 fully saturated rings. The monoisotopic (exact) mass is 305 g/mol. The quantitative estimate of drug-likeness (QED) is 0.844. The van der Waals surface area contributed by atoms with E-state index in [9.17, 15) is 4.79 Å².